The summed E-state index contributed by atoms with van der Waals surface area (Å²) in [7, 11) is 1.46. The van der Waals surface area contributed by atoms with E-state index in [1.54, 1.807) is 54.9 Å². The molecule has 7 heteroatoms. The molecule has 0 atom stereocenters. The smallest absolute Gasteiger partial charge is 0.379 e. The third-order valence-corrected chi connectivity index (χ3v) is 4.25. The van der Waals surface area contributed by atoms with Crippen LogP contribution in [0.2, 0.25) is 0 Å². The minimum Gasteiger partial charge on any atom is -0.379 e. The number of alkyl halides is 3. The van der Waals surface area contributed by atoms with Gasteiger partial charge in [0.2, 0.25) is 0 Å². The first-order chi connectivity index (χ1) is 13.4. The van der Waals surface area contributed by atoms with Crippen molar-refractivity contribution >= 4 is 17.3 Å². The summed E-state index contributed by atoms with van der Waals surface area (Å²) in [5, 5.41) is 2.85. The number of nitrogens with one attached hydrogen (secondary N) is 1. The molecular weight excluding hydrogens is 367 g/mol. The SMILES string of the molecule is CN(C(=O)c1ccccc1)c1cccc(C(F)(F)F)c1NCc1ccncc1. The summed E-state index contributed by atoms with van der Waals surface area (Å²) in [6, 6.07) is 15.6. The molecule has 1 N–H and O–H groups in total. The molecule has 0 unspecified atom stereocenters. The van der Waals surface area contributed by atoms with Crippen molar-refractivity contribution in [2.24, 2.45) is 0 Å². The van der Waals surface area contributed by atoms with E-state index in [9.17, 15) is 18.0 Å². The van der Waals surface area contributed by atoms with E-state index in [1.807, 2.05) is 0 Å². The average molecular weight is 385 g/mol. The van der Waals surface area contributed by atoms with Crippen molar-refractivity contribution in [2.45, 2.75) is 12.7 Å². The Morgan fingerprint density at radius 3 is 2.32 bits per heavy atom. The van der Waals surface area contributed by atoms with Gasteiger partial charge < -0.3 is 10.2 Å². The molecule has 0 fully saturated rings. The third-order valence-electron chi connectivity index (χ3n) is 4.25. The predicted molar refractivity (Wildman–Crippen MR) is 102 cm³/mol. The minimum absolute atomic E-state index is 0.140. The number of benzene rings is 2. The summed E-state index contributed by atoms with van der Waals surface area (Å²) in [5.74, 6) is -0.396. The van der Waals surface area contributed by atoms with E-state index >= 15 is 0 Å². The van der Waals surface area contributed by atoms with Gasteiger partial charge in [-0.2, -0.15) is 13.2 Å². The highest BCUT2D eigenvalue weighted by atomic mass is 19.4. The highest BCUT2D eigenvalue weighted by molar-refractivity contribution is 6.07. The van der Waals surface area contributed by atoms with Crippen LogP contribution < -0.4 is 10.2 Å². The summed E-state index contributed by atoms with van der Waals surface area (Å²) in [6.45, 7) is 0.163. The number of rotatable bonds is 5. The van der Waals surface area contributed by atoms with Crippen LogP contribution in [0.1, 0.15) is 21.5 Å². The highest BCUT2D eigenvalue weighted by Gasteiger charge is 2.35. The van der Waals surface area contributed by atoms with Crippen molar-refractivity contribution in [3.05, 3.63) is 89.7 Å². The number of pyridine rings is 1. The topological polar surface area (TPSA) is 45.2 Å². The van der Waals surface area contributed by atoms with Crippen molar-refractivity contribution in [1.82, 2.24) is 4.98 Å². The van der Waals surface area contributed by atoms with E-state index in [-0.39, 0.29) is 17.9 Å². The molecule has 0 radical (unpaired) electrons. The lowest BCUT2D eigenvalue weighted by Crippen LogP contribution is -2.28. The minimum atomic E-state index is -4.56. The maximum absolute atomic E-state index is 13.6. The molecule has 0 bridgehead atoms. The Morgan fingerprint density at radius 1 is 1.00 bits per heavy atom. The molecule has 144 valence electrons. The second kappa shape index (κ2) is 8.12. The number of amides is 1. The first-order valence-electron chi connectivity index (χ1n) is 8.54. The van der Waals surface area contributed by atoms with Crippen molar-refractivity contribution in [1.29, 1.82) is 0 Å². The van der Waals surface area contributed by atoms with E-state index in [2.05, 4.69) is 10.3 Å². The number of halogens is 3. The Morgan fingerprint density at radius 2 is 1.68 bits per heavy atom. The van der Waals surface area contributed by atoms with Crippen LogP contribution in [0.3, 0.4) is 0 Å². The first-order valence-corrected chi connectivity index (χ1v) is 8.54. The van der Waals surface area contributed by atoms with Crippen LogP contribution in [0.25, 0.3) is 0 Å². The number of hydrogen-bond acceptors (Lipinski definition) is 3. The van der Waals surface area contributed by atoms with Gasteiger partial charge in [-0.1, -0.05) is 24.3 Å². The molecule has 28 heavy (non-hydrogen) atoms. The second-order valence-electron chi connectivity index (χ2n) is 6.14. The van der Waals surface area contributed by atoms with E-state index < -0.39 is 17.6 Å². The number of nitrogens with zero attached hydrogens (tertiary/aromatic N) is 2. The Hall–Kier alpha value is -3.35. The molecule has 1 aromatic heterocycles. The van der Waals surface area contributed by atoms with Crippen molar-refractivity contribution in [3.8, 4) is 0 Å². The molecule has 4 nitrogen and oxygen atoms in total. The van der Waals surface area contributed by atoms with Crippen LogP contribution >= 0.6 is 0 Å². The lowest BCUT2D eigenvalue weighted by atomic mass is 10.1. The number of carbonyl (C=O) groups is 1. The van der Waals surface area contributed by atoms with Crippen molar-refractivity contribution in [3.63, 3.8) is 0 Å². The Bertz CT molecular complexity index is 944. The van der Waals surface area contributed by atoms with Gasteiger partial charge in [-0.05, 0) is 42.0 Å². The van der Waals surface area contributed by atoms with Gasteiger partial charge in [0.05, 0.1) is 16.9 Å². The summed E-state index contributed by atoms with van der Waals surface area (Å²) >= 11 is 0. The standard InChI is InChI=1S/C21H18F3N3O/c1-27(20(28)16-6-3-2-4-7-16)18-9-5-8-17(21(22,23)24)19(18)26-14-15-10-12-25-13-11-15/h2-13,26H,14H2,1H3. The molecule has 0 aliphatic heterocycles. The van der Waals surface area contributed by atoms with Crippen molar-refractivity contribution in [2.75, 3.05) is 17.3 Å². The van der Waals surface area contributed by atoms with Gasteiger partial charge in [-0.15, -0.1) is 0 Å². The number of anilines is 2. The van der Waals surface area contributed by atoms with Gasteiger partial charge in [0.1, 0.15) is 0 Å². The van der Waals surface area contributed by atoms with Crippen molar-refractivity contribution < 1.29 is 18.0 Å². The summed E-state index contributed by atoms with van der Waals surface area (Å²) in [6.07, 6.45) is -1.43. The molecule has 0 aliphatic rings. The van der Waals surface area contributed by atoms with Gasteiger partial charge in [-0.25, -0.2) is 0 Å². The maximum Gasteiger partial charge on any atom is 0.418 e. The van der Waals surface area contributed by atoms with Gasteiger partial charge >= 0.3 is 6.18 Å². The molecule has 1 heterocycles. The van der Waals surface area contributed by atoms with Crippen LogP contribution in [0.5, 0.6) is 0 Å². The molecular formula is C21H18F3N3O. The van der Waals surface area contributed by atoms with Crippen LogP contribution in [-0.4, -0.2) is 17.9 Å². The zero-order valence-electron chi connectivity index (χ0n) is 15.1. The van der Waals surface area contributed by atoms with E-state index in [1.165, 1.54) is 24.1 Å². The second-order valence-corrected chi connectivity index (χ2v) is 6.14. The molecule has 0 aliphatic carbocycles. The third kappa shape index (κ3) is 4.31. The maximum atomic E-state index is 13.6. The van der Waals surface area contributed by atoms with E-state index in [4.69, 9.17) is 0 Å². The van der Waals surface area contributed by atoms with Crippen LogP contribution in [0.15, 0.2) is 73.1 Å². The molecule has 1 amide bonds. The summed E-state index contributed by atoms with van der Waals surface area (Å²) < 4.78 is 40.8. The fourth-order valence-corrected chi connectivity index (χ4v) is 2.82. The summed E-state index contributed by atoms with van der Waals surface area (Å²) in [5.41, 5.74) is 0.348. The van der Waals surface area contributed by atoms with E-state index in [0.29, 0.717) is 5.56 Å². The zero-order valence-corrected chi connectivity index (χ0v) is 15.1. The van der Waals surface area contributed by atoms with Gasteiger partial charge in [0.25, 0.3) is 5.91 Å². The largest absolute Gasteiger partial charge is 0.418 e. The highest BCUT2D eigenvalue weighted by Crippen LogP contribution is 2.40. The van der Waals surface area contributed by atoms with Crippen LogP contribution in [0.4, 0.5) is 24.5 Å². The molecule has 3 rings (SSSR count). The number of para-hydroxylation sites is 1. The van der Waals surface area contributed by atoms with Crippen LogP contribution in [0, 0.1) is 0 Å². The molecule has 0 saturated heterocycles. The normalized spacial score (nSPS) is 11.1. The summed E-state index contributed by atoms with van der Waals surface area (Å²) in [4.78, 5) is 17.9. The first kappa shape index (κ1) is 19.4. The monoisotopic (exact) mass is 385 g/mol. The van der Waals surface area contributed by atoms with Gasteiger partial charge in [0.15, 0.2) is 0 Å². The van der Waals surface area contributed by atoms with Gasteiger partial charge in [0, 0.05) is 31.5 Å². The molecule has 0 spiro atoms. The fraction of sp³-hybridized carbons (Fsp3) is 0.143. The average Bonchev–Trinajstić information content (AvgIpc) is 2.71. The predicted octanol–water partition coefficient (Wildman–Crippen LogP) is 4.99. The Labute approximate surface area is 160 Å². The lowest BCUT2D eigenvalue weighted by molar-refractivity contribution is -0.136. The van der Waals surface area contributed by atoms with Gasteiger partial charge in [-0.3, -0.25) is 9.78 Å². The fourth-order valence-electron chi connectivity index (χ4n) is 2.82. The molecule has 3 aromatic rings. The number of aromatic nitrogens is 1. The Balaban J connectivity index is 1.99. The zero-order chi connectivity index (χ0) is 20.1. The van der Waals surface area contributed by atoms with Crippen LogP contribution in [-0.2, 0) is 12.7 Å². The quantitative estimate of drug-likeness (QED) is 0.673. The number of hydrogen-bond donors (Lipinski definition) is 1. The number of carbonyl (C=O) groups excluding carboxylic acids is 1. The van der Waals surface area contributed by atoms with E-state index in [0.717, 1.165) is 11.6 Å². The lowest BCUT2D eigenvalue weighted by Gasteiger charge is -2.24. The molecule has 0 saturated carbocycles. The molecule has 2 aromatic carbocycles. The Kier molecular flexibility index (Phi) is 5.63.